The molecule has 1 heterocycles. The van der Waals surface area contributed by atoms with Crippen LogP contribution in [0.3, 0.4) is 0 Å². The van der Waals surface area contributed by atoms with Crippen molar-refractivity contribution in [3.63, 3.8) is 0 Å². The van der Waals surface area contributed by atoms with E-state index in [-0.39, 0.29) is 0 Å². The lowest BCUT2D eigenvalue weighted by molar-refractivity contribution is 0.175. The van der Waals surface area contributed by atoms with E-state index in [0.717, 1.165) is 17.8 Å². The molecule has 1 saturated heterocycles. The molecule has 0 radical (unpaired) electrons. The number of nitrogens with zero attached hydrogens (tertiary/aromatic N) is 1. The van der Waals surface area contributed by atoms with Crippen molar-refractivity contribution in [2.45, 2.75) is 59.8 Å². The molecular weight excluding hydrogens is 206 g/mol. The number of hydrogen-bond acceptors (Lipinski definition) is 1. The maximum atomic E-state index is 4.36. The van der Waals surface area contributed by atoms with Crippen LogP contribution < -0.4 is 0 Å². The molecule has 1 heteroatoms. The quantitative estimate of drug-likeness (QED) is 0.647. The third-order valence-corrected chi connectivity index (χ3v) is 4.49. The Balaban J connectivity index is 2.44. The fourth-order valence-corrected chi connectivity index (χ4v) is 3.07. The van der Waals surface area contributed by atoms with Crippen molar-refractivity contribution < 1.29 is 0 Å². The monoisotopic (exact) mass is 237 g/mol. The smallest absolute Gasteiger partial charge is 0.0177 e. The van der Waals surface area contributed by atoms with Crippen molar-refractivity contribution in [2.75, 3.05) is 13.1 Å². The van der Waals surface area contributed by atoms with Gasteiger partial charge in [-0.2, -0.15) is 0 Å². The summed E-state index contributed by atoms with van der Waals surface area (Å²) in [4.78, 5) is 2.56. The van der Waals surface area contributed by atoms with E-state index >= 15 is 0 Å². The lowest BCUT2D eigenvalue weighted by atomic mass is 9.85. The van der Waals surface area contributed by atoms with Crippen LogP contribution in [0, 0.1) is 17.8 Å². The molecule has 100 valence electrons. The standard InChI is InChI=1S/C16H31N/c1-6-8-15(7-2)14(5)17-11-9-16(10-12-17)13(3)4/h13,15-16H,5-12H2,1-4H3. The Morgan fingerprint density at radius 2 is 1.82 bits per heavy atom. The fraction of sp³-hybridized carbons (Fsp3) is 0.875. The van der Waals surface area contributed by atoms with E-state index in [4.69, 9.17) is 0 Å². The molecule has 1 aliphatic heterocycles. The van der Waals surface area contributed by atoms with Gasteiger partial charge in [0.15, 0.2) is 0 Å². The Hall–Kier alpha value is -0.460. The summed E-state index contributed by atoms with van der Waals surface area (Å²) in [6.45, 7) is 16.1. The minimum atomic E-state index is 0.718. The second-order valence-corrected chi connectivity index (χ2v) is 5.95. The van der Waals surface area contributed by atoms with Crippen LogP contribution in [0.25, 0.3) is 0 Å². The zero-order chi connectivity index (χ0) is 12.8. The molecule has 1 nitrogen and oxygen atoms in total. The summed E-state index contributed by atoms with van der Waals surface area (Å²) >= 11 is 0. The SMILES string of the molecule is C=C(C(CC)CCC)N1CCC(C(C)C)CC1. The van der Waals surface area contributed by atoms with Crippen LogP contribution in [0.1, 0.15) is 59.8 Å². The molecule has 1 atom stereocenters. The molecule has 0 aliphatic carbocycles. The highest BCUT2D eigenvalue weighted by Crippen LogP contribution is 2.30. The molecule has 1 unspecified atom stereocenters. The molecule has 0 bridgehead atoms. The van der Waals surface area contributed by atoms with Gasteiger partial charge >= 0.3 is 0 Å². The minimum Gasteiger partial charge on any atom is -0.375 e. The zero-order valence-corrected chi connectivity index (χ0v) is 12.3. The highest BCUT2D eigenvalue weighted by atomic mass is 15.1. The van der Waals surface area contributed by atoms with Gasteiger partial charge in [-0.1, -0.05) is 40.7 Å². The lowest BCUT2D eigenvalue weighted by Crippen LogP contribution is -2.36. The summed E-state index contributed by atoms with van der Waals surface area (Å²) < 4.78 is 0. The topological polar surface area (TPSA) is 3.24 Å². The van der Waals surface area contributed by atoms with Crippen LogP contribution in [-0.2, 0) is 0 Å². The van der Waals surface area contributed by atoms with Crippen LogP contribution >= 0.6 is 0 Å². The van der Waals surface area contributed by atoms with Crippen molar-refractivity contribution in [1.82, 2.24) is 4.90 Å². The van der Waals surface area contributed by atoms with E-state index in [2.05, 4.69) is 39.2 Å². The molecule has 0 aromatic carbocycles. The normalized spacial score (nSPS) is 19.7. The predicted octanol–water partition coefficient (Wildman–Crippen LogP) is 4.69. The third kappa shape index (κ3) is 4.04. The number of rotatable bonds is 6. The first-order valence-electron chi connectivity index (χ1n) is 7.53. The molecule has 0 aromatic heterocycles. The summed E-state index contributed by atoms with van der Waals surface area (Å²) in [5.41, 5.74) is 1.41. The van der Waals surface area contributed by atoms with Crippen LogP contribution in [0.4, 0.5) is 0 Å². The van der Waals surface area contributed by atoms with Crippen molar-refractivity contribution in [1.29, 1.82) is 0 Å². The maximum absolute atomic E-state index is 4.36. The van der Waals surface area contributed by atoms with Crippen molar-refractivity contribution in [3.8, 4) is 0 Å². The van der Waals surface area contributed by atoms with Gasteiger partial charge in [-0.15, -0.1) is 0 Å². The van der Waals surface area contributed by atoms with Gasteiger partial charge in [0.05, 0.1) is 0 Å². The van der Waals surface area contributed by atoms with Gasteiger partial charge in [-0.3, -0.25) is 0 Å². The summed E-state index contributed by atoms with van der Waals surface area (Å²) in [5.74, 6) is 2.50. The van der Waals surface area contributed by atoms with Crippen LogP contribution in [0.15, 0.2) is 12.3 Å². The fourth-order valence-electron chi connectivity index (χ4n) is 3.07. The van der Waals surface area contributed by atoms with E-state index in [1.54, 1.807) is 0 Å². The first kappa shape index (κ1) is 14.6. The van der Waals surface area contributed by atoms with Gasteiger partial charge in [0.25, 0.3) is 0 Å². The van der Waals surface area contributed by atoms with E-state index in [1.807, 2.05) is 0 Å². The predicted molar refractivity (Wildman–Crippen MR) is 77.0 cm³/mol. The first-order valence-corrected chi connectivity index (χ1v) is 7.53. The highest BCUT2D eigenvalue weighted by Gasteiger charge is 2.24. The Morgan fingerprint density at radius 1 is 1.24 bits per heavy atom. The van der Waals surface area contributed by atoms with E-state index in [1.165, 1.54) is 50.9 Å². The summed E-state index contributed by atoms with van der Waals surface area (Å²) in [7, 11) is 0. The first-order chi connectivity index (χ1) is 8.10. The lowest BCUT2D eigenvalue weighted by Gasteiger charge is -2.38. The average molecular weight is 237 g/mol. The largest absolute Gasteiger partial charge is 0.375 e. The van der Waals surface area contributed by atoms with Gasteiger partial charge in [-0.25, -0.2) is 0 Å². The highest BCUT2D eigenvalue weighted by molar-refractivity contribution is 5.01. The molecule has 1 rings (SSSR count). The molecular formula is C16H31N. The van der Waals surface area contributed by atoms with Gasteiger partial charge < -0.3 is 4.90 Å². The number of likely N-dealkylation sites (tertiary alicyclic amines) is 1. The van der Waals surface area contributed by atoms with Crippen LogP contribution in [-0.4, -0.2) is 18.0 Å². The summed E-state index contributed by atoms with van der Waals surface area (Å²) in [6, 6.07) is 0. The molecule has 1 aliphatic rings. The van der Waals surface area contributed by atoms with E-state index in [9.17, 15) is 0 Å². The summed E-state index contributed by atoms with van der Waals surface area (Å²) in [6.07, 6.45) is 6.55. The van der Waals surface area contributed by atoms with Gasteiger partial charge in [0.1, 0.15) is 0 Å². The average Bonchev–Trinajstić information content (AvgIpc) is 2.35. The molecule has 0 spiro atoms. The number of piperidine rings is 1. The molecule has 0 aromatic rings. The summed E-state index contributed by atoms with van der Waals surface area (Å²) in [5, 5.41) is 0. The molecule has 0 saturated carbocycles. The van der Waals surface area contributed by atoms with E-state index in [0.29, 0.717) is 0 Å². The van der Waals surface area contributed by atoms with Crippen molar-refractivity contribution in [2.24, 2.45) is 17.8 Å². The molecule has 1 fully saturated rings. The Labute approximate surface area is 108 Å². The van der Waals surface area contributed by atoms with Gasteiger partial charge in [0, 0.05) is 18.8 Å². The van der Waals surface area contributed by atoms with Gasteiger partial charge in [-0.05, 0) is 43.4 Å². The van der Waals surface area contributed by atoms with Gasteiger partial charge in [0.2, 0.25) is 0 Å². The molecule has 0 N–H and O–H groups in total. The van der Waals surface area contributed by atoms with Crippen molar-refractivity contribution in [3.05, 3.63) is 12.3 Å². The van der Waals surface area contributed by atoms with E-state index < -0.39 is 0 Å². The Bertz CT molecular complexity index is 224. The maximum Gasteiger partial charge on any atom is 0.0177 e. The molecule has 17 heavy (non-hydrogen) atoms. The Kier molecular flexibility index (Phi) is 6.08. The second-order valence-electron chi connectivity index (χ2n) is 5.95. The van der Waals surface area contributed by atoms with Crippen LogP contribution in [0.5, 0.6) is 0 Å². The third-order valence-electron chi connectivity index (χ3n) is 4.49. The molecule has 0 amide bonds. The minimum absolute atomic E-state index is 0.718. The zero-order valence-electron chi connectivity index (χ0n) is 12.3. The van der Waals surface area contributed by atoms with Crippen LogP contribution in [0.2, 0.25) is 0 Å². The Morgan fingerprint density at radius 3 is 2.24 bits per heavy atom. The second kappa shape index (κ2) is 7.08. The number of hydrogen-bond donors (Lipinski definition) is 0. The number of allylic oxidation sites excluding steroid dienone is 1. The van der Waals surface area contributed by atoms with Crippen molar-refractivity contribution >= 4 is 0 Å².